The van der Waals surface area contributed by atoms with Crippen molar-refractivity contribution in [2.45, 2.75) is 0 Å². The van der Waals surface area contributed by atoms with Crippen molar-refractivity contribution in [1.82, 2.24) is 19.9 Å². The zero-order chi connectivity index (χ0) is 29.7. The van der Waals surface area contributed by atoms with Crippen LogP contribution in [0.5, 0.6) is 0 Å². The van der Waals surface area contributed by atoms with E-state index < -0.39 is 0 Å². The van der Waals surface area contributed by atoms with Gasteiger partial charge in [-0.2, -0.15) is 0 Å². The fourth-order valence-corrected chi connectivity index (χ4v) is 7.24. The molecule has 0 N–H and O–H groups in total. The summed E-state index contributed by atoms with van der Waals surface area (Å²) in [6.45, 7) is 0. The molecule has 0 aliphatic heterocycles. The number of pyridine rings is 1. The molecule has 0 atom stereocenters. The minimum absolute atomic E-state index is 0.601. The number of benzene rings is 6. The molecule has 4 nitrogen and oxygen atoms in total. The van der Waals surface area contributed by atoms with Gasteiger partial charge in [0.1, 0.15) is 0 Å². The molecule has 0 fully saturated rings. The van der Waals surface area contributed by atoms with E-state index in [2.05, 4.69) is 115 Å². The quantitative estimate of drug-likeness (QED) is 0.204. The topological polar surface area (TPSA) is 51.6 Å². The highest BCUT2D eigenvalue weighted by Gasteiger charge is 2.17. The average Bonchev–Trinajstić information content (AvgIpc) is 3.50. The molecule has 0 spiro atoms. The molecule has 45 heavy (non-hydrogen) atoms. The van der Waals surface area contributed by atoms with Crippen molar-refractivity contribution < 1.29 is 0 Å². The SMILES string of the molecule is c1ccc(-c2ccc3cc(-c4nc(-c5cnc6ccccc6c5)nc(-c5cccc6sc7ccccc7c56)n4)ccc3c2)cc1. The van der Waals surface area contributed by atoms with E-state index in [0.29, 0.717) is 17.5 Å². The zero-order valence-electron chi connectivity index (χ0n) is 24.1. The molecule has 210 valence electrons. The first-order chi connectivity index (χ1) is 22.3. The number of nitrogens with zero attached hydrogens (tertiary/aromatic N) is 4. The van der Waals surface area contributed by atoms with Crippen LogP contribution in [0.25, 0.3) is 87.1 Å². The standard InChI is InChI=1S/C40H24N4S/c1-2-9-25(10-3-1)26-17-18-28-22-30(20-19-27(28)21-26)38-42-39(31-23-29-11-4-6-14-34(29)41-24-31)44-40(43-38)33-13-8-16-36-37(33)32-12-5-7-15-35(32)45-36/h1-24H. The lowest BCUT2D eigenvalue weighted by Crippen LogP contribution is -2.01. The molecule has 0 saturated carbocycles. The fourth-order valence-electron chi connectivity index (χ4n) is 6.10. The predicted molar refractivity (Wildman–Crippen MR) is 187 cm³/mol. The van der Waals surface area contributed by atoms with Gasteiger partial charge in [-0.25, -0.2) is 15.0 Å². The summed E-state index contributed by atoms with van der Waals surface area (Å²) in [5.41, 5.74) is 6.13. The van der Waals surface area contributed by atoms with Gasteiger partial charge < -0.3 is 0 Å². The Labute approximate surface area is 263 Å². The lowest BCUT2D eigenvalue weighted by Gasteiger charge is -2.11. The summed E-state index contributed by atoms with van der Waals surface area (Å²) in [5.74, 6) is 1.88. The summed E-state index contributed by atoms with van der Waals surface area (Å²) < 4.78 is 2.46. The van der Waals surface area contributed by atoms with Crippen molar-refractivity contribution >= 4 is 53.2 Å². The molecule has 3 aromatic heterocycles. The van der Waals surface area contributed by atoms with Crippen LogP contribution in [0.4, 0.5) is 0 Å². The van der Waals surface area contributed by atoms with Gasteiger partial charge in [0.2, 0.25) is 0 Å². The monoisotopic (exact) mass is 592 g/mol. The molecular weight excluding hydrogens is 569 g/mol. The average molecular weight is 593 g/mol. The smallest absolute Gasteiger partial charge is 0.165 e. The molecule has 3 heterocycles. The normalized spacial score (nSPS) is 11.6. The molecule has 9 aromatic rings. The number of thiophene rings is 1. The van der Waals surface area contributed by atoms with Crippen LogP contribution < -0.4 is 0 Å². The predicted octanol–water partition coefficient (Wildman–Crippen LogP) is 10.6. The molecule has 5 heteroatoms. The number of fused-ring (bicyclic) bond motifs is 5. The van der Waals surface area contributed by atoms with E-state index in [1.165, 1.54) is 36.7 Å². The third-order valence-electron chi connectivity index (χ3n) is 8.33. The zero-order valence-corrected chi connectivity index (χ0v) is 24.9. The Morgan fingerprint density at radius 1 is 0.422 bits per heavy atom. The Morgan fingerprint density at radius 2 is 1.09 bits per heavy atom. The van der Waals surface area contributed by atoms with Gasteiger partial charge in [0, 0.05) is 48.4 Å². The second kappa shape index (κ2) is 10.4. The van der Waals surface area contributed by atoms with Crippen LogP contribution in [0.3, 0.4) is 0 Å². The molecule has 0 saturated heterocycles. The largest absolute Gasteiger partial charge is 0.255 e. The van der Waals surface area contributed by atoms with Crippen LogP contribution in [0.1, 0.15) is 0 Å². The number of rotatable bonds is 4. The van der Waals surface area contributed by atoms with Crippen LogP contribution in [0, 0.1) is 0 Å². The summed E-state index contributed by atoms with van der Waals surface area (Å²) in [6.07, 6.45) is 1.86. The van der Waals surface area contributed by atoms with Gasteiger partial charge in [-0.05, 0) is 58.3 Å². The van der Waals surface area contributed by atoms with Gasteiger partial charge in [-0.1, -0.05) is 103 Å². The highest BCUT2D eigenvalue weighted by atomic mass is 32.1. The maximum absolute atomic E-state index is 5.13. The van der Waals surface area contributed by atoms with Crippen molar-refractivity contribution in [2.75, 3.05) is 0 Å². The van der Waals surface area contributed by atoms with E-state index in [-0.39, 0.29) is 0 Å². The van der Waals surface area contributed by atoms with Gasteiger partial charge >= 0.3 is 0 Å². The minimum Gasteiger partial charge on any atom is -0.255 e. The maximum atomic E-state index is 5.13. The van der Waals surface area contributed by atoms with Crippen molar-refractivity contribution in [2.24, 2.45) is 0 Å². The fraction of sp³-hybridized carbons (Fsp3) is 0. The lowest BCUT2D eigenvalue weighted by molar-refractivity contribution is 1.07. The highest BCUT2D eigenvalue weighted by Crippen LogP contribution is 2.40. The highest BCUT2D eigenvalue weighted by molar-refractivity contribution is 7.25. The van der Waals surface area contributed by atoms with Crippen LogP contribution in [0.2, 0.25) is 0 Å². The van der Waals surface area contributed by atoms with Gasteiger partial charge in [-0.3, -0.25) is 4.98 Å². The Balaban J connectivity index is 1.25. The lowest BCUT2D eigenvalue weighted by atomic mass is 10.00. The number of hydrogen-bond acceptors (Lipinski definition) is 5. The van der Waals surface area contributed by atoms with E-state index in [9.17, 15) is 0 Å². The van der Waals surface area contributed by atoms with Crippen LogP contribution >= 0.6 is 11.3 Å². The first-order valence-corrected chi connectivity index (χ1v) is 15.7. The summed E-state index contributed by atoms with van der Waals surface area (Å²) >= 11 is 1.79. The van der Waals surface area contributed by atoms with Crippen LogP contribution in [-0.4, -0.2) is 19.9 Å². The van der Waals surface area contributed by atoms with Gasteiger partial charge in [0.25, 0.3) is 0 Å². The van der Waals surface area contributed by atoms with Crippen molar-refractivity contribution in [3.63, 3.8) is 0 Å². The summed E-state index contributed by atoms with van der Waals surface area (Å²) in [4.78, 5) is 20.0. The molecular formula is C40H24N4S. The van der Waals surface area contributed by atoms with E-state index in [4.69, 9.17) is 19.9 Å². The third-order valence-corrected chi connectivity index (χ3v) is 9.47. The molecule has 0 unspecified atom stereocenters. The molecule has 9 rings (SSSR count). The Hall–Kier alpha value is -5.78. The Kier molecular flexibility index (Phi) is 5.96. The van der Waals surface area contributed by atoms with Crippen LogP contribution in [0.15, 0.2) is 146 Å². The van der Waals surface area contributed by atoms with Gasteiger partial charge in [0.05, 0.1) is 5.52 Å². The van der Waals surface area contributed by atoms with E-state index >= 15 is 0 Å². The minimum atomic E-state index is 0.601. The first kappa shape index (κ1) is 25.7. The molecule has 0 radical (unpaired) electrons. The van der Waals surface area contributed by atoms with Crippen molar-refractivity contribution in [3.8, 4) is 45.3 Å². The first-order valence-electron chi connectivity index (χ1n) is 14.9. The van der Waals surface area contributed by atoms with E-state index in [0.717, 1.165) is 33.0 Å². The number of para-hydroxylation sites is 1. The third kappa shape index (κ3) is 4.53. The Morgan fingerprint density at radius 3 is 1.98 bits per heavy atom. The van der Waals surface area contributed by atoms with E-state index in [1.807, 2.05) is 30.5 Å². The van der Waals surface area contributed by atoms with Crippen molar-refractivity contribution in [3.05, 3.63) is 146 Å². The molecule has 0 amide bonds. The second-order valence-corrected chi connectivity index (χ2v) is 12.2. The second-order valence-electron chi connectivity index (χ2n) is 11.1. The molecule has 0 bridgehead atoms. The molecule has 0 aliphatic rings. The van der Waals surface area contributed by atoms with Crippen molar-refractivity contribution in [1.29, 1.82) is 0 Å². The maximum Gasteiger partial charge on any atom is 0.165 e. The number of hydrogen-bond donors (Lipinski definition) is 0. The molecule has 0 aliphatic carbocycles. The molecule has 6 aromatic carbocycles. The van der Waals surface area contributed by atoms with E-state index in [1.54, 1.807) is 11.3 Å². The summed E-state index contributed by atoms with van der Waals surface area (Å²) in [6, 6.07) is 48.6. The summed E-state index contributed by atoms with van der Waals surface area (Å²) in [5, 5.41) is 5.73. The van der Waals surface area contributed by atoms with Gasteiger partial charge in [-0.15, -0.1) is 11.3 Å². The summed E-state index contributed by atoms with van der Waals surface area (Å²) in [7, 11) is 0. The number of aromatic nitrogens is 4. The van der Waals surface area contributed by atoms with Crippen LogP contribution in [-0.2, 0) is 0 Å². The van der Waals surface area contributed by atoms with Gasteiger partial charge in [0.15, 0.2) is 17.5 Å². The Bertz CT molecular complexity index is 2550.